The van der Waals surface area contributed by atoms with Gasteiger partial charge in [-0.1, -0.05) is 36.4 Å². The van der Waals surface area contributed by atoms with Gasteiger partial charge in [0.05, 0.1) is 27.4 Å². The van der Waals surface area contributed by atoms with Crippen LogP contribution in [0.4, 0.5) is 0 Å². The number of rotatable bonds is 4. The lowest BCUT2D eigenvalue weighted by Gasteiger charge is -2.31. The Kier molecular flexibility index (Phi) is 4.54. The van der Waals surface area contributed by atoms with Gasteiger partial charge in [0.1, 0.15) is 11.9 Å². The number of ether oxygens (including phenoxy) is 4. The van der Waals surface area contributed by atoms with E-state index in [1.165, 1.54) is 0 Å². The Balaban J connectivity index is 1.80. The number of methoxy groups -OCH3 is 3. The van der Waals surface area contributed by atoms with Crippen LogP contribution in [0.25, 0.3) is 10.8 Å². The van der Waals surface area contributed by atoms with Crippen molar-refractivity contribution in [2.75, 3.05) is 21.3 Å². The molecule has 27 heavy (non-hydrogen) atoms. The molecule has 0 saturated heterocycles. The summed E-state index contributed by atoms with van der Waals surface area (Å²) in [5, 5.41) is 12.8. The van der Waals surface area contributed by atoms with Crippen molar-refractivity contribution >= 4 is 10.8 Å². The van der Waals surface area contributed by atoms with Gasteiger partial charge in [0.2, 0.25) is 5.75 Å². The summed E-state index contributed by atoms with van der Waals surface area (Å²) < 4.78 is 22.7. The molecule has 3 aromatic rings. The molecule has 4 rings (SSSR count). The Labute approximate surface area is 158 Å². The largest absolute Gasteiger partial charge is 0.493 e. The Morgan fingerprint density at radius 2 is 1.63 bits per heavy atom. The van der Waals surface area contributed by atoms with Crippen LogP contribution in [0.1, 0.15) is 29.8 Å². The second kappa shape index (κ2) is 7.00. The topological polar surface area (TPSA) is 57.2 Å². The van der Waals surface area contributed by atoms with Gasteiger partial charge in [-0.2, -0.15) is 0 Å². The maximum atomic E-state index is 10.7. The molecule has 0 unspecified atom stereocenters. The molecule has 0 spiro atoms. The molecular formula is C22H22O5. The molecule has 0 aliphatic carbocycles. The molecule has 3 aromatic carbocycles. The molecule has 2 atom stereocenters. The lowest BCUT2D eigenvalue weighted by molar-refractivity contribution is 0.0669. The minimum atomic E-state index is -0.609. The third-order valence-corrected chi connectivity index (χ3v) is 5.03. The number of fused-ring (bicyclic) bond motifs is 3. The van der Waals surface area contributed by atoms with E-state index in [9.17, 15) is 5.11 Å². The molecule has 140 valence electrons. The zero-order valence-corrected chi connectivity index (χ0v) is 15.6. The van der Waals surface area contributed by atoms with E-state index >= 15 is 0 Å². The van der Waals surface area contributed by atoms with Gasteiger partial charge in [-0.25, -0.2) is 0 Å². The van der Waals surface area contributed by atoms with Crippen LogP contribution in [0.3, 0.4) is 0 Å². The van der Waals surface area contributed by atoms with Gasteiger partial charge in [0.15, 0.2) is 11.5 Å². The summed E-state index contributed by atoms with van der Waals surface area (Å²) in [6.45, 7) is 0. The van der Waals surface area contributed by atoms with Crippen LogP contribution in [0.15, 0.2) is 48.5 Å². The highest BCUT2D eigenvalue weighted by Crippen LogP contribution is 2.47. The highest BCUT2D eigenvalue weighted by atomic mass is 16.5. The van der Waals surface area contributed by atoms with Crippen LogP contribution < -0.4 is 18.9 Å². The molecule has 5 nitrogen and oxygen atoms in total. The third kappa shape index (κ3) is 2.94. The Morgan fingerprint density at radius 3 is 2.30 bits per heavy atom. The predicted molar refractivity (Wildman–Crippen MR) is 103 cm³/mol. The van der Waals surface area contributed by atoms with E-state index in [0.717, 1.165) is 27.6 Å². The van der Waals surface area contributed by atoms with E-state index in [4.69, 9.17) is 18.9 Å². The maximum Gasteiger partial charge on any atom is 0.203 e. The fourth-order valence-corrected chi connectivity index (χ4v) is 3.67. The zero-order valence-electron chi connectivity index (χ0n) is 15.6. The highest BCUT2D eigenvalue weighted by molar-refractivity contribution is 5.90. The molecule has 5 heteroatoms. The van der Waals surface area contributed by atoms with Crippen molar-refractivity contribution in [3.05, 3.63) is 59.7 Å². The van der Waals surface area contributed by atoms with Crippen molar-refractivity contribution in [1.82, 2.24) is 0 Å². The number of aliphatic hydroxyl groups excluding tert-OH is 1. The van der Waals surface area contributed by atoms with Gasteiger partial charge in [0.25, 0.3) is 0 Å². The standard InChI is InChI=1S/C22H22O5/c1-24-19-10-14(11-20(25-2)22(19)26-3)18-12-17(23)16-9-8-13-6-4-5-7-15(13)21(16)27-18/h4-11,17-18,23H,12H2,1-3H3/t17-,18+/m0/s1. The molecule has 0 bridgehead atoms. The highest BCUT2D eigenvalue weighted by Gasteiger charge is 2.30. The number of hydrogen-bond acceptors (Lipinski definition) is 5. The van der Waals surface area contributed by atoms with E-state index in [1.54, 1.807) is 21.3 Å². The molecule has 0 fully saturated rings. The summed E-state index contributed by atoms with van der Waals surface area (Å²) in [6.07, 6.45) is -0.487. The average Bonchev–Trinajstić information content (AvgIpc) is 2.72. The normalized spacial score (nSPS) is 18.5. The zero-order chi connectivity index (χ0) is 19.0. The first-order chi connectivity index (χ1) is 13.2. The summed E-state index contributed by atoms with van der Waals surface area (Å²) in [5.41, 5.74) is 1.68. The first-order valence-corrected chi connectivity index (χ1v) is 8.82. The van der Waals surface area contributed by atoms with Crippen LogP contribution in [0.2, 0.25) is 0 Å². The molecule has 1 heterocycles. The van der Waals surface area contributed by atoms with Gasteiger partial charge >= 0.3 is 0 Å². The second-order valence-electron chi connectivity index (χ2n) is 6.52. The fourth-order valence-electron chi connectivity index (χ4n) is 3.67. The van der Waals surface area contributed by atoms with E-state index < -0.39 is 6.10 Å². The van der Waals surface area contributed by atoms with E-state index in [-0.39, 0.29) is 6.10 Å². The first kappa shape index (κ1) is 17.5. The number of aliphatic hydroxyl groups is 1. The van der Waals surface area contributed by atoms with Crippen molar-refractivity contribution in [2.45, 2.75) is 18.6 Å². The van der Waals surface area contributed by atoms with Gasteiger partial charge in [-0.15, -0.1) is 0 Å². The summed E-state index contributed by atoms with van der Waals surface area (Å²) in [4.78, 5) is 0. The summed E-state index contributed by atoms with van der Waals surface area (Å²) in [7, 11) is 4.74. The van der Waals surface area contributed by atoms with E-state index in [2.05, 4.69) is 0 Å². The molecule has 0 radical (unpaired) electrons. The van der Waals surface area contributed by atoms with Gasteiger partial charge in [-0.3, -0.25) is 0 Å². The second-order valence-corrected chi connectivity index (χ2v) is 6.52. The predicted octanol–water partition coefficient (Wildman–Crippen LogP) is 4.42. The quantitative estimate of drug-likeness (QED) is 0.741. The monoisotopic (exact) mass is 366 g/mol. The average molecular weight is 366 g/mol. The number of benzene rings is 3. The summed E-state index contributed by atoms with van der Waals surface area (Å²) in [5.74, 6) is 2.39. The number of hydrogen-bond donors (Lipinski definition) is 1. The van der Waals surface area contributed by atoms with E-state index in [1.807, 2.05) is 48.5 Å². The van der Waals surface area contributed by atoms with Gasteiger partial charge < -0.3 is 24.1 Å². The lowest BCUT2D eigenvalue weighted by atomic mass is 9.92. The first-order valence-electron chi connectivity index (χ1n) is 8.82. The van der Waals surface area contributed by atoms with Crippen molar-refractivity contribution in [3.8, 4) is 23.0 Å². The van der Waals surface area contributed by atoms with Gasteiger partial charge in [0, 0.05) is 22.9 Å². The molecule has 0 amide bonds. The summed E-state index contributed by atoms with van der Waals surface area (Å²) in [6, 6.07) is 15.7. The minimum absolute atomic E-state index is 0.327. The van der Waals surface area contributed by atoms with Crippen molar-refractivity contribution < 1.29 is 24.1 Å². The molecule has 1 aliphatic heterocycles. The van der Waals surface area contributed by atoms with Crippen molar-refractivity contribution in [1.29, 1.82) is 0 Å². The molecule has 0 aromatic heterocycles. The van der Waals surface area contributed by atoms with Crippen LogP contribution in [0, 0.1) is 0 Å². The molecule has 0 saturated carbocycles. The van der Waals surface area contributed by atoms with Crippen LogP contribution >= 0.6 is 0 Å². The SMILES string of the molecule is COc1cc([C@H]2C[C@H](O)c3ccc4ccccc4c3O2)cc(OC)c1OC. The lowest BCUT2D eigenvalue weighted by Crippen LogP contribution is -2.19. The molecule has 1 aliphatic rings. The smallest absolute Gasteiger partial charge is 0.203 e. The van der Waals surface area contributed by atoms with Crippen molar-refractivity contribution in [2.24, 2.45) is 0 Å². The minimum Gasteiger partial charge on any atom is -0.493 e. The van der Waals surface area contributed by atoms with Crippen LogP contribution in [-0.2, 0) is 0 Å². The summed E-state index contributed by atoms with van der Waals surface area (Å²) >= 11 is 0. The third-order valence-electron chi connectivity index (χ3n) is 5.03. The van der Waals surface area contributed by atoms with Crippen LogP contribution in [-0.4, -0.2) is 26.4 Å². The Morgan fingerprint density at radius 1 is 0.926 bits per heavy atom. The van der Waals surface area contributed by atoms with Crippen LogP contribution in [0.5, 0.6) is 23.0 Å². The molecule has 1 N–H and O–H groups in total. The Hall–Kier alpha value is -2.92. The molecular weight excluding hydrogens is 344 g/mol. The fraction of sp³-hybridized carbons (Fsp3) is 0.273. The van der Waals surface area contributed by atoms with Crippen molar-refractivity contribution in [3.63, 3.8) is 0 Å². The Bertz CT molecular complexity index is 957. The van der Waals surface area contributed by atoms with E-state index in [0.29, 0.717) is 23.7 Å². The maximum absolute atomic E-state index is 10.7. The van der Waals surface area contributed by atoms with Gasteiger partial charge in [-0.05, 0) is 17.5 Å².